The number of hydrogen-bond donors (Lipinski definition) is 1. The van der Waals surface area contributed by atoms with E-state index in [9.17, 15) is 26.3 Å². The van der Waals surface area contributed by atoms with Gasteiger partial charge in [-0.1, -0.05) is 0 Å². The van der Waals surface area contributed by atoms with Gasteiger partial charge in [-0.3, -0.25) is 4.90 Å². The first-order chi connectivity index (χ1) is 13.6. The third kappa shape index (κ3) is 3.90. The molecule has 1 aliphatic carbocycles. The largest absolute Gasteiger partial charge is 0.451 e. The number of hydrogen-bond acceptors (Lipinski definition) is 5. The second-order valence-corrected chi connectivity index (χ2v) is 7.51. The molecule has 158 valence electrons. The molecule has 2 aliphatic heterocycles. The van der Waals surface area contributed by atoms with Gasteiger partial charge in [0.2, 0.25) is 5.82 Å². The van der Waals surface area contributed by atoms with Crippen molar-refractivity contribution in [2.75, 3.05) is 6.61 Å². The highest BCUT2D eigenvalue weighted by molar-refractivity contribution is 5.27. The number of rotatable bonds is 2. The van der Waals surface area contributed by atoms with Crippen molar-refractivity contribution in [2.24, 2.45) is 11.7 Å². The van der Waals surface area contributed by atoms with Crippen molar-refractivity contribution in [3.05, 3.63) is 46.8 Å². The van der Waals surface area contributed by atoms with Crippen LogP contribution in [0.1, 0.15) is 29.9 Å². The molecule has 3 aliphatic rings. The summed E-state index contributed by atoms with van der Waals surface area (Å²) in [5, 5.41) is 0. The Labute approximate surface area is 162 Å². The van der Waals surface area contributed by atoms with Crippen molar-refractivity contribution in [3.63, 3.8) is 0 Å². The zero-order valence-corrected chi connectivity index (χ0v) is 15.1. The minimum absolute atomic E-state index is 0.142. The number of ether oxygens (including phenoxy) is 1. The minimum atomic E-state index is -4.62. The van der Waals surface area contributed by atoms with Crippen LogP contribution in [-0.4, -0.2) is 39.7 Å². The Morgan fingerprint density at radius 3 is 2.62 bits per heavy atom. The van der Waals surface area contributed by atoms with Gasteiger partial charge in [-0.2, -0.15) is 13.2 Å². The summed E-state index contributed by atoms with van der Waals surface area (Å²) in [5.41, 5.74) is 7.04. The lowest BCUT2D eigenvalue weighted by Gasteiger charge is -2.41. The highest BCUT2D eigenvalue weighted by Crippen LogP contribution is 2.38. The SMILES string of the molecule is N[C@H]1C[C@@H](N2Cc3cnc(C(F)(F)F)nc3C2)COC1[C@H]1CC(F)=C(F)C=C1F. The zero-order chi connectivity index (χ0) is 20.9. The van der Waals surface area contributed by atoms with Crippen LogP contribution in [0.15, 0.2) is 29.8 Å². The monoisotopic (exact) mass is 420 g/mol. The molecule has 29 heavy (non-hydrogen) atoms. The Hall–Kier alpha value is -1.98. The van der Waals surface area contributed by atoms with Gasteiger partial charge in [0, 0.05) is 55.3 Å². The number of halogens is 6. The van der Waals surface area contributed by atoms with E-state index in [1.807, 2.05) is 4.90 Å². The van der Waals surface area contributed by atoms with Crippen LogP contribution >= 0.6 is 0 Å². The van der Waals surface area contributed by atoms with Crippen LogP contribution in [-0.2, 0) is 24.0 Å². The predicted molar refractivity (Wildman–Crippen MR) is 88.9 cm³/mol. The molecule has 0 amide bonds. The highest BCUT2D eigenvalue weighted by Gasteiger charge is 2.42. The molecule has 0 spiro atoms. The van der Waals surface area contributed by atoms with Crippen LogP contribution in [0.5, 0.6) is 0 Å². The van der Waals surface area contributed by atoms with E-state index in [0.29, 0.717) is 30.3 Å². The highest BCUT2D eigenvalue weighted by atomic mass is 19.4. The molecule has 0 saturated carbocycles. The zero-order valence-electron chi connectivity index (χ0n) is 15.1. The third-order valence-electron chi connectivity index (χ3n) is 5.57. The van der Waals surface area contributed by atoms with Gasteiger partial charge in [-0.25, -0.2) is 23.1 Å². The van der Waals surface area contributed by atoms with Crippen LogP contribution < -0.4 is 5.73 Å². The molecule has 11 heteroatoms. The van der Waals surface area contributed by atoms with Gasteiger partial charge in [-0.05, 0) is 6.42 Å². The van der Waals surface area contributed by atoms with Crippen molar-refractivity contribution in [1.82, 2.24) is 14.9 Å². The van der Waals surface area contributed by atoms with Gasteiger partial charge < -0.3 is 10.5 Å². The lowest BCUT2D eigenvalue weighted by atomic mass is 9.84. The second kappa shape index (κ2) is 7.37. The average molecular weight is 420 g/mol. The number of allylic oxidation sites excluding steroid dienone is 3. The van der Waals surface area contributed by atoms with Crippen LogP contribution in [0.2, 0.25) is 0 Å². The van der Waals surface area contributed by atoms with Gasteiger partial charge in [0.25, 0.3) is 0 Å². The van der Waals surface area contributed by atoms with Gasteiger partial charge in [0.15, 0.2) is 5.83 Å². The van der Waals surface area contributed by atoms with Crippen molar-refractivity contribution < 1.29 is 31.1 Å². The first kappa shape index (κ1) is 20.3. The van der Waals surface area contributed by atoms with Gasteiger partial charge in [0.05, 0.1) is 18.4 Å². The Balaban J connectivity index is 1.41. The van der Waals surface area contributed by atoms with Crippen molar-refractivity contribution >= 4 is 0 Å². The molecule has 1 aromatic heterocycles. The Kier molecular flexibility index (Phi) is 5.16. The predicted octanol–water partition coefficient (Wildman–Crippen LogP) is 3.32. The maximum atomic E-state index is 14.1. The smallest absolute Gasteiger partial charge is 0.374 e. The molecule has 0 aromatic carbocycles. The lowest BCUT2D eigenvalue weighted by molar-refractivity contribution is -0.145. The molecule has 3 heterocycles. The van der Waals surface area contributed by atoms with Crippen LogP contribution in [0.25, 0.3) is 0 Å². The quantitative estimate of drug-likeness (QED) is 0.744. The molecular formula is C18H18F6N4O. The number of aromatic nitrogens is 2. The summed E-state index contributed by atoms with van der Waals surface area (Å²) < 4.78 is 85.0. The molecular weight excluding hydrogens is 402 g/mol. The van der Waals surface area contributed by atoms with E-state index < -0.39 is 54.0 Å². The van der Waals surface area contributed by atoms with Gasteiger partial charge >= 0.3 is 6.18 Å². The van der Waals surface area contributed by atoms with E-state index in [-0.39, 0.29) is 19.2 Å². The lowest BCUT2D eigenvalue weighted by Crippen LogP contribution is -2.53. The molecule has 0 bridgehead atoms. The molecule has 4 atom stereocenters. The Morgan fingerprint density at radius 2 is 1.93 bits per heavy atom. The standard InChI is InChI=1S/C18H18F6N4O/c19-11-3-13(21)12(20)2-10(11)16-14(25)1-9(7-29-16)28-5-8-4-26-17(18(22,23)24)27-15(8)6-28/h3-4,9-10,14,16H,1-2,5-7,25H2/t9-,10+,14+,16?/m1/s1. The number of nitrogens with zero attached hydrogens (tertiary/aromatic N) is 3. The molecule has 1 aromatic rings. The second-order valence-electron chi connectivity index (χ2n) is 7.51. The van der Waals surface area contributed by atoms with Crippen molar-refractivity contribution in [1.29, 1.82) is 0 Å². The summed E-state index contributed by atoms with van der Waals surface area (Å²) in [7, 11) is 0. The summed E-state index contributed by atoms with van der Waals surface area (Å²) in [4.78, 5) is 8.86. The Bertz CT molecular complexity index is 870. The number of alkyl halides is 3. The fraction of sp³-hybridized carbons (Fsp3) is 0.556. The van der Waals surface area contributed by atoms with E-state index >= 15 is 0 Å². The van der Waals surface area contributed by atoms with Gasteiger partial charge in [0.1, 0.15) is 11.7 Å². The molecule has 4 rings (SSSR count). The normalized spacial score (nSPS) is 31.1. The van der Waals surface area contributed by atoms with Crippen LogP contribution in [0, 0.1) is 5.92 Å². The van der Waals surface area contributed by atoms with E-state index in [4.69, 9.17) is 10.5 Å². The first-order valence-electron chi connectivity index (χ1n) is 9.08. The number of fused-ring (bicyclic) bond motifs is 1. The van der Waals surface area contributed by atoms with E-state index in [0.717, 1.165) is 0 Å². The van der Waals surface area contributed by atoms with E-state index in [2.05, 4.69) is 9.97 Å². The summed E-state index contributed by atoms with van der Waals surface area (Å²) in [6, 6.07) is -0.870. The first-order valence-corrected chi connectivity index (χ1v) is 9.08. The van der Waals surface area contributed by atoms with Crippen LogP contribution in [0.4, 0.5) is 26.3 Å². The molecule has 1 fully saturated rings. The maximum Gasteiger partial charge on any atom is 0.451 e. The molecule has 2 N–H and O–H groups in total. The third-order valence-corrected chi connectivity index (χ3v) is 5.57. The molecule has 1 saturated heterocycles. The summed E-state index contributed by atoms with van der Waals surface area (Å²) in [5.74, 6) is -5.26. The molecule has 1 unspecified atom stereocenters. The van der Waals surface area contributed by atoms with Crippen molar-refractivity contribution in [2.45, 2.75) is 50.3 Å². The summed E-state index contributed by atoms with van der Waals surface area (Å²) >= 11 is 0. The van der Waals surface area contributed by atoms with E-state index in [1.54, 1.807) is 0 Å². The van der Waals surface area contributed by atoms with Crippen LogP contribution in [0.3, 0.4) is 0 Å². The van der Waals surface area contributed by atoms with Crippen molar-refractivity contribution in [3.8, 4) is 0 Å². The fourth-order valence-corrected chi connectivity index (χ4v) is 4.07. The Morgan fingerprint density at radius 1 is 1.17 bits per heavy atom. The average Bonchev–Trinajstić information content (AvgIpc) is 3.07. The topological polar surface area (TPSA) is 64.3 Å². The molecule has 5 nitrogen and oxygen atoms in total. The number of nitrogens with two attached hydrogens (primary N) is 1. The summed E-state index contributed by atoms with van der Waals surface area (Å²) in [6.45, 7) is 0.676. The van der Waals surface area contributed by atoms with Gasteiger partial charge in [-0.15, -0.1) is 0 Å². The summed E-state index contributed by atoms with van der Waals surface area (Å²) in [6.07, 6.45) is -3.84. The minimum Gasteiger partial charge on any atom is -0.374 e. The van der Waals surface area contributed by atoms with E-state index in [1.165, 1.54) is 6.20 Å². The maximum absolute atomic E-state index is 14.1. The molecule has 0 radical (unpaired) electrons. The fourth-order valence-electron chi connectivity index (χ4n) is 4.07.